The molecule has 158 valence electrons. The second-order valence-electron chi connectivity index (χ2n) is 7.28. The van der Waals surface area contributed by atoms with Gasteiger partial charge in [0.05, 0.1) is 6.54 Å². The molecule has 31 heavy (non-hydrogen) atoms. The molecule has 4 aromatic rings. The quantitative estimate of drug-likeness (QED) is 0.380. The average molecular weight is 456 g/mol. The van der Waals surface area contributed by atoms with Crippen molar-refractivity contribution in [1.29, 1.82) is 0 Å². The summed E-state index contributed by atoms with van der Waals surface area (Å²) in [5, 5.41) is 12.1. The third-order valence-electron chi connectivity index (χ3n) is 5.05. The smallest absolute Gasteiger partial charge is 0.341 e. The number of halogens is 2. The molecule has 0 aliphatic rings. The minimum Gasteiger partial charge on any atom is -0.482 e. The zero-order valence-corrected chi connectivity index (χ0v) is 18.2. The maximum Gasteiger partial charge on any atom is 0.341 e. The standard InChI is InChI=1S/C24H20Cl2N2O3/c25-23-24(26)28(14-18-6-9-21(10-7-18)31-15-22(29)30)16-27(23)12-11-17-5-8-19-3-1-2-4-20(19)13-17/h1-10,13,16H,11-12,14-15H2/p+1. The molecule has 1 N–H and O–H groups in total. The zero-order valence-electron chi connectivity index (χ0n) is 16.7. The van der Waals surface area contributed by atoms with Crippen molar-refractivity contribution in [3.8, 4) is 5.75 Å². The van der Waals surface area contributed by atoms with E-state index in [0.29, 0.717) is 29.1 Å². The number of rotatable bonds is 8. The Balaban J connectivity index is 1.43. The molecule has 1 heterocycles. The van der Waals surface area contributed by atoms with Gasteiger partial charge in [-0.1, -0.05) is 54.6 Å². The highest BCUT2D eigenvalue weighted by Gasteiger charge is 2.20. The second-order valence-corrected chi connectivity index (χ2v) is 7.99. The Kier molecular flexibility index (Phi) is 6.44. The fraction of sp³-hybridized carbons (Fsp3) is 0.167. The van der Waals surface area contributed by atoms with E-state index in [1.165, 1.54) is 16.3 Å². The highest BCUT2D eigenvalue weighted by Crippen LogP contribution is 2.21. The number of aliphatic carboxylic acids is 1. The van der Waals surface area contributed by atoms with Crippen molar-refractivity contribution in [3.63, 3.8) is 0 Å². The van der Waals surface area contributed by atoms with Gasteiger partial charge in [-0.05, 0) is 57.2 Å². The summed E-state index contributed by atoms with van der Waals surface area (Å²) in [7, 11) is 0. The minimum absolute atomic E-state index is 0.365. The van der Waals surface area contributed by atoms with Gasteiger partial charge in [0.15, 0.2) is 6.61 Å². The van der Waals surface area contributed by atoms with Crippen molar-refractivity contribution in [3.05, 3.63) is 94.5 Å². The van der Waals surface area contributed by atoms with Crippen LogP contribution in [-0.2, 0) is 24.3 Å². The lowest BCUT2D eigenvalue weighted by Crippen LogP contribution is -2.33. The van der Waals surface area contributed by atoms with E-state index in [9.17, 15) is 4.79 Å². The van der Waals surface area contributed by atoms with Crippen LogP contribution in [0.4, 0.5) is 0 Å². The van der Waals surface area contributed by atoms with E-state index < -0.39 is 5.97 Å². The number of carboxylic acid groups (broad SMARTS) is 1. The number of fused-ring (bicyclic) bond motifs is 1. The topological polar surface area (TPSA) is 55.3 Å². The molecule has 0 bridgehead atoms. The summed E-state index contributed by atoms with van der Waals surface area (Å²) in [6, 6.07) is 22.0. The number of aryl methyl sites for hydroxylation is 2. The maximum absolute atomic E-state index is 10.6. The molecule has 0 spiro atoms. The highest BCUT2D eigenvalue weighted by atomic mass is 35.5. The lowest BCUT2D eigenvalue weighted by molar-refractivity contribution is -0.685. The van der Waals surface area contributed by atoms with Gasteiger partial charge in [-0.25, -0.2) is 13.9 Å². The van der Waals surface area contributed by atoms with Crippen LogP contribution in [0.25, 0.3) is 10.8 Å². The highest BCUT2D eigenvalue weighted by molar-refractivity contribution is 6.39. The molecule has 0 saturated heterocycles. The first-order chi connectivity index (χ1) is 15.0. The van der Waals surface area contributed by atoms with Crippen molar-refractivity contribution < 1.29 is 19.2 Å². The molecular formula is C24H21Cl2N2O3+. The number of carboxylic acids is 1. The molecule has 0 atom stereocenters. The van der Waals surface area contributed by atoms with Crippen molar-refractivity contribution in [2.24, 2.45) is 0 Å². The van der Waals surface area contributed by atoms with Gasteiger partial charge in [0.1, 0.15) is 12.3 Å². The molecule has 1 aromatic heterocycles. The molecule has 0 fully saturated rings. The zero-order chi connectivity index (χ0) is 21.8. The number of hydrogen-bond donors (Lipinski definition) is 1. The van der Waals surface area contributed by atoms with E-state index in [0.717, 1.165) is 12.0 Å². The maximum atomic E-state index is 10.6. The summed E-state index contributed by atoms with van der Waals surface area (Å²) < 4.78 is 9.00. The normalized spacial score (nSPS) is 11.0. The summed E-state index contributed by atoms with van der Waals surface area (Å²) in [5.41, 5.74) is 2.24. The summed E-state index contributed by atoms with van der Waals surface area (Å²) in [6.45, 7) is 0.891. The predicted octanol–water partition coefficient (Wildman–Crippen LogP) is 4.99. The summed E-state index contributed by atoms with van der Waals surface area (Å²) in [4.78, 5) is 10.6. The molecule has 5 nitrogen and oxygen atoms in total. The van der Waals surface area contributed by atoms with Gasteiger partial charge in [0.25, 0.3) is 10.3 Å². The van der Waals surface area contributed by atoms with E-state index >= 15 is 0 Å². The third kappa shape index (κ3) is 5.19. The molecular weight excluding hydrogens is 435 g/mol. The third-order valence-corrected chi connectivity index (χ3v) is 5.94. The van der Waals surface area contributed by atoms with Crippen LogP contribution in [0.5, 0.6) is 5.75 Å². The van der Waals surface area contributed by atoms with Gasteiger partial charge in [-0.2, -0.15) is 0 Å². The van der Waals surface area contributed by atoms with Gasteiger partial charge < -0.3 is 9.84 Å². The van der Waals surface area contributed by atoms with Gasteiger partial charge in [0.2, 0.25) is 6.33 Å². The Hall–Kier alpha value is -3.02. The number of benzene rings is 3. The van der Waals surface area contributed by atoms with Crippen molar-refractivity contribution in [2.75, 3.05) is 6.61 Å². The molecule has 3 aromatic carbocycles. The van der Waals surface area contributed by atoms with Crippen LogP contribution < -0.4 is 9.30 Å². The Morgan fingerprint density at radius 2 is 1.68 bits per heavy atom. The van der Waals surface area contributed by atoms with Crippen LogP contribution in [0.3, 0.4) is 0 Å². The Bertz CT molecular complexity index is 1220. The lowest BCUT2D eigenvalue weighted by atomic mass is 10.1. The molecule has 0 saturated carbocycles. The number of ether oxygens (including phenoxy) is 1. The molecule has 0 amide bonds. The first-order valence-electron chi connectivity index (χ1n) is 9.84. The second kappa shape index (κ2) is 9.41. The van der Waals surface area contributed by atoms with Gasteiger partial charge in [-0.15, -0.1) is 0 Å². The fourth-order valence-corrected chi connectivity index (χ4v) is 3.90. The minimum atomic E-state index is -1.01. The summed E-state index contributed by atoms with van der Waals surface area (Å²) in [6.07, 6.45) is 2.76. The van der Waals surface area contributed by atoms with E-state index in [4.69, 9.17) is 33.0 Å². The first-order valence-corrected chi connectivity index (χ1v) is 10.6. The molecule has 0 unspecified atom stereocenters. The van der Waals surface area contributed by atoms with Crippen LogP contribution in [-0.4, -0.2) is 22.2 Å². The largest absolute Gasteiger partial charge is 0.482 e. The average Bonchev–Trinajstić information content (AvgIpc) is 3.05. The summed E-state index contributed by atoms with van der Waals surface area (Å²) >= 11 is 12.9. The molecule has 7 heteroatoms. The molecule has 4 rings (SSSR count). The summed E-state index contributed by atoms with van der Waals surface area (Å²) in [5.74, 6) is -0.501. The molecule has 0 aliphatic carbocycles. The van der Waals surface area contributed by atoms with Crippen LogP contribution in [0.1, 0.15) is 11.1 Å². The number of imidazole rings is 1. The Morgan fingerprint density at radius 1 is 0.968 bits per heavy atom. The number of hydrogen-bond acceptors (Lipinski definition) is 2. The van der Waals surface area contributed by atoms with Gasteiger partial charge >= 0.3 is 5.97 Å². The monoisotopic (exact) mass is 455 g/mol. The van der Waals surface area contributed by atoms with Gasteiger partial charge in [0, 0.05) is 6.42 Å². The van der Waals surface area contributed by atoms with E-state index in [-0.39, 0.29) is 6.61 Å². The van der Waals surface area contributed by atoms with E-state index in [1.54, 1.807) is 12.1 Å². The van der Waals surface area contributed by atoms with Crippen LogP contribution >= 0.6 is 23.2 Å². The van der Waals surface area contributed by atoms with Crippen molar-refractivity contribution in [1.82, 2.24) is 4.57 Å². The number of nitrogens with zero attached hydrogens (tertiary/aromatic N) is 2. The van der Waals surface area contributed by atoms with E-state index in [2.05, 4.69) is 30.3 Å². The SMILES string of the molecule is O=C(O)COc1ccc(C[n+]2cn(CCc3ccc4ccccc4c3)c(Cl)c2Cl)cc1. The predicted molar refractivity (Wildman–Crippen MR) is 121 cm³/mol. The first kappa shape index (κ1) is 21.2. The molecule has 0 aliphatic heterocycles. The van der Waals surface area contributed by atoms with E-state index in [1.807, 2.05) is 39.7 Å². The number of carbonyl (C=O) groups is 1. The molecule has 0 radical (unpaired) electrons. The fourth-order valence-electron chi connectivity index (χ4n) is 3.45. The van der Waals surface area contributed by atoms with Crippen molar-refractivity contribution in [2.45, 2.75) is 19.5 Å². The van der Waals surface area contributed by atoms with Crippen LogP contribution in [0.15, 0.2) is 73.1 Å². The van der Waals surface area contributed by atoms with Crippen LogP contribution in [0.2, 0.25) is 10.3 Å². The lowest BCUT2D eigenvalue weighted by Gasteiger charge is -2.04. The van der Waals surface area contributed by atoms with Crippen LogP contribution in [0, 0.1) is 0 Å². The Labute approximate surface area is 190 Å². The van der Waals surface area contributed by atoms with Gasteiger partial charge in [-0.3, -0.25) is 0 Å². The number of aromatic nitrogens is 2. The van der Waals surface area contributed by atoms with Crippen molar-refractivity contribution >= 4 is 39.9 Å². The Morgan fingerprint density at radius 3 is 2.42 bits per heavy atom.